The Balaban J connectivity index is 2.41. The average molecular weight is 253 g/mol. The lowest BCUT2D eigenvalue weighted by Gasteiger charge is -2.50. The van der Waals surface area contributed by atoms with Gasteiger partial charge in [0.25, 0.3) is 0 Å². The molecule has 1 aromatic rings. The third-order valence-electron chi connectivity index (χ3n) is 4.07. The van der Waals surface area contributed by atoms with Crippen molar-refractivity contribution < 1.29 is 19.1 Å². The van der Waals surface area contributed by atoms with E-state index in [9.17, 15) is 9.50 Å². The van der Waals surface area contributed by atoms with E-state index in [1.807, 2.05) is 6.92 Å². The van der Waals surface area contributed by atoms with Crippen LogP contribution in [-0.2, 0) is 10.3 Å². The smallest absolute Gasteiger partial charge is 0.144 e. The maximum absolute atomic E-state index is 13.0. The minimum atomic E-state index is -1.10. The van der Waals surface area contributed by atoms with Crippen LogP contribution < -0.4 is 4.90 Å². The summed E-state index contributed by atoms with van der Waals surface area (Å²) < 4.78 is 18.5. The molecular formula is C14H20FNO2. The number of hydrogen-bond acceptors (Lipinski definition) is 2. The highest BCUT2D eigenvalue weighted by Crippen LogP contribution is 2.39. The van der Waals surface area contributed by atoms with Gasteiger partial charge in [0, 0.05) is 13.5 Å². The Bertz CT molecular complexity index is 422. The second-order valence-electron chi connectivity index (χ2n) is 5.23. The number of rotatable bonds is 2. The lowest BCUT2D eigenvalue weighted by molar-refractivity contribution is -0.872. The van der Waals surface area contributed by atoms with Crippen molar-refractivity contribution in [1.82, 2.24) is 0 Å². The SMILES string of the molecule is [CH2-][NH+]1CCC(O)(c2ccc(F)cc2)C(C)(OC)C1. The number of ether oxygens (including phenoxy) is 1. The average Bonchev–Trinajstić information content (AvgIpc) is 2.35. The molecule has 4 heteroatoms. The van der Waals surface area contributed by atoms with E-state index in [1.165, 1.54) is 12.1 Å². The molecule has 1 fully saturated rings. The Kier molecular flexibility index (Phi) is 3.45. The second-order valence-corrected chi connectivity index (χ2v) is 5.23. The summed E-state index contributed by atoms with van der Waals surface area (Å²) in [6.07, 6.45) is 0.543. The number of hydrogen-bond donors (Lipinski definition) is 2. The van der Waals surface area contributed by atoms with E-state index in [0.717, 1.165) is 11.4 Å². The maximum Gasteiger partial charge on any atom is 0.144 e. The van der Waals surface area contributed by atoms with Crippen molar-refractivity contribution in [3.8, 4) is 0 Å². The summed E-state index contributed by atoms with van der Waals surface area (Å²) in [5, 5.41) is 11.0. The molecule has 0 aromatic heterocycles. The van der Waals surface area contributed by atoms with Gasteiger partial charge in [-0.25, -0.2) is 4.39 Å². The lowest BCUT2D eigenvalue weighted by atomic mass is 9.73. The molecule has 0 amide bonds. The van der Waals surface area contributed by atoms with Crippen LogP contribution >= 0.6 is 0 Å². The minimum Gasteiger partial charge on any atom is -0.465 e. The Hall–Kier alpha value is -0.970. The van der Waals surface area contributed by atoms with Crippen LogP contribution in [0.3, 0.4) is 0 Å². The Labute approximate surface area is 107 Å². The Morgan fingerprint density at radius 1 is 1.39 bits per heavy atom. The van der Waals surface area contributed by atoms with E-state index in [1.54, 1.807) is 19.2 Å². The molecular weight excluding hydrogens is 233 g/mol. The lowest BCUT2D eigenvalue weighted by Crippen LogP contribution is -3.11. The van der Waals surface area contributed by atoms with Gasteiger partial charge >= 0.3 is 0 Å². The van der Waals surface area contributed by atoms with E-state index in [2.05, 4.69) is 7.05 Å². The highest BCUT2D eigenvalue weighted by Gasteiger charge is 2.53. The van der Waals surface area contributed by atoms with Crippen LogP contribution in [0.15, 0.2) is 24.3 Å². The first kappa shape index (κ1) is 13.5. The van der Waals surface area contributed by atoms with Crippen molar-refractivity contribution in [3.05, 3.63) is 42.7 Å². The van der Waals surface area contributed by atoms with Crippen LogP contribution in [0.4, 0.5) is 4.39 Å². The van der Waals surface area contributed by atoms with Crippen molar-refractivity contribution in [2.24, 2.45) is 0 Å². The van der Waals surface area contributed by atoms with Gasteiger partial charge in [0.15, 0.2) is 0 Å². The van der Waals surface area contributed by atoms with Crippen LogP contribution in [-0.4, -0.2) is 30.9 Å². The van der Waals surface area contributed by atoms with E-state index in [-0.39, 0.29) is 5.82 Å². The predicted molar refractivity (Wildman–Crippen MR) is 66.4 cm³/mol. The summed E-state index contributed by atoms with van der Waals surface area (Å²) in [4.78, 5) is 1.08. The van der Waals surface area contributed by atoms with E-state index >= 15 is 0 Å². The summed E-state index contributed by atoms with van der Waals surface area (Å²) in [7, 11) is 5.57. The van der Waals surface area contributed by atoms with Crippen LogP contribution in [0.25, 0.3) is 0 Å². The first-order chi connectivity index (χ1) is 8.41. The van der Waals surface area contributed by atoms with Gasteiger partial charge in [-0.1, -0.05) is 12.1 Å². The van der Waals surface area contributed by atoms with Crippen molar-refractivity contribution in [1.29, 1.82) is 0 Å². The van der Waals surface area contributed by atoms with E-state index in [0.29, 0.717) is 18.5 Å². The second kappa shape index (κ2) is 4.61. The molecule has 0 radical (unpaired) electrons. The minimum absolute atomic E-state index is 0.304. The molecule has 100 valence electrons. The number of quaternary nitrogens is 1. The van der Waals surface area contributed by atoms with Crippen molar-refractivity contribution in [3.63, 3.8) is 0 Å². The van der Waals surface area contributed by atoms with Crippen molar-refractivity contribution >= 4 is 0 Å². The molecule has 2 rings (SSSR count). The van der Waals surface area contributed by atoms with Gasteiger partial charge in [-0.2, -0.15) is 7.05 Å². The van der Waals surface area contributed by atoms with Gasteiger partial charge in [-0.3, -0.25) is 0 Å². The number of aliphatic hydroxyl groups is 1. The molecule has 0 aliphatic carbocycles. The summed E-state index contributed by atoms with van der Waals surface area (Å²) in [5.41, 5.74) is -1.13. The number of likely N-dealkylation sites (tertiary alicyclic amines) is 1. The fourth-order valence-electron chi connectivity index (χ4n) is 2.75. The standard InChI is InChI=1S/C14H20FNO2/c1-13(18-3)10-16(2)9-8-14(13,17)11-4-6-12(15)7-5-11/h4-7,16-17H,2,8-10H2,1,3H3. The molecule has 3 atom stereocenters. The van der Waals surface area contributed by atoms with Crippen molar-refractivity contribution in [2.45, 2.75) is 24.5 Å². The first-order valence-corrected chi connectivity index (χ1v) is 6.11. The molecule has 18 heavy (non-hydrogen) atoms. The zero-order valence-electron chi connectivity index (χ0n) is 10.9. The Morgan fingerprint density at radius 3 is 2.56 bits per heavy atom. The van der Waals surface area contributed by atoms with Gasteiger partial charge in [0.1, 0.15) is 17.0 Å². The molecule has 0 bridgehead atoms. The Morgan fingerprint density at radius 2 is 2.00 bits per heavy atom. The third-order valence-corrected chi connectivity index (χ3v) is 4.07. The molecule has 2 N–H and O–H groups in total. The normalized spacial score (nSPS) is 36.6. The van der Waals surface area contributed by atoms with Gasteiger partial charge in [0.2, 0.25) is 0 Å². The van der Waals surface area contributed by atoms with Crippen LogP contribution in [0.2, 0.25) is 0 Å². The fraction of sp³-hybridized carbons (Fsp3) is 0.500. The topological polar surface area (TPSA) is 33.9 Å². The summed E-state index contributed by atoms with van der Waals surface area (Å²) in [6.45, 7) is 3.24. The highest BCUT2D eigenvalue weighted by molar-refractivity contribution is 5.27. The number of methoxy groups -OCH3 is 1. The largest absolute Gasteiger partial charge is 0.465 e. The summed E-state index contributed by atoms with van der Waals surface area (Å²) >= 11 is 0. The molecule has 3 unspecified atom stereocenters. The number of halogens is 1. The molecule has 1 aliphatic rings. The third kappa shape index (κ3) is 2.05. The summed E-state index contributed by atoms with van der Waals surface area (Å²) in [5.74, 6) is -0.304. The number of nitrogens with one attached hydrogen (secondary N) is 1. The molecule has 1 heterocycles. The first-order valence-electron chi connectivity index (χ1n) is 6.11. The van der Waals surface area contributed by atoms with Crippen LogP contribution in [0, 0.1) is 12.9 Å². The predicted octanol–water partition coefficient (Wildman–Crippen LogP) is 0.499. The van der Waals surface area contributed by atoms with Crippen LogP contribution in [0.1, 0.15) is 18.9 Å². The van der Waals surface area contributed by atoms with E-state index < -0.39 is 11.2 Å². The van der Waals surface area contributed by atoms with Gasteiger partial charge in [-0.15, -0.1) is 0 Å². The molecule has 1 saturated heterocycles. The molecule has 0 spiro atoms. The van der Waals surface area contributed by atoms with Gasteiger partial charge < -0.3 is 14.7 Å². The van der Waals surface area contributed by atoms with Crippen LogP contribution in [0.5, 0.6) is 0 Å². The molecule has 3 nitrogen and oxygen atoms in total. The summed E-state index contributed by atoms with van der Waals surface area (Å²) in [6, 6.07) is 5.99. The van der Waals surface area contributed by atoms with E-state index in [4.69, 9.17) is 4.74 Å². The number of piperidine rings is 1. The number of benzene rings is 1. The zero-order chi connectivity index (χ0) is 13.4. The fourth-order valence-corrected chi connectivity index (χ4v) is 2.75. The monoisotopic (exact) mass is 253 g/mol. The quantitative estimate of drug-likeness (QED) is 0.753. The maximum atomic E-state index is 13.0. The zero-order valence-corrected chi connectivity index (χ0v) is 10.9. The molecule has 0 saturated carbocycles. The van der Waals surface area contributed by atoms with Gasteiger partial charge in [-0.05, 0) is 24.6 Å². The van der Waals surface area contributed by atoms with Gasteiger partial charge in [0.05, 0.1) is 13.1 Å². The highest BCUT2D eigenvalue weighted by atomic mass is 19.1. The molecule has 1 aromatic carbocycles. The molecule has 1 aliphatic heterocycles. The van der Waals surface area contributed by atoms with Crippen molar-refractivity contribution in [2.75, 3.05) is 20.2 Å².